The number of aryl methyl sites for hydroxylation is 4. The molecule has 0 atom stereocenters. The number of H-pyrrole nitrogens is 2. The van der Waals surface area contributed by atoms with Crippen LogP contribution < -0.4 is 9.13 Å². The van der Waals surface area contributed by atoms with Gasteiger partial charge in [0.15, 0.2) is 24.8 Å². The van der Waals surface area contributed by atoms with Gasteiger partial charge in [-0.05, 0) is 72.5 Å². The zero-order chi connectivity index (χ0) is 28.8. The third-order valence-electron chi connectivity index (χ3n) is 8.21. The monoisotopic (exact) mass is 550 g/mol. The largest absolute Gasteiger partial charge is 0.355 e. The Morgan fingerprint density at radius 2 is 0.881 bits per heavy atom. The molecule has 0 saturated heterocycles. The van der Waals surface area contributed by atoms with Gasteiger partial charge >= 0.3 is 0 Å². The molecular weight excluding hydrogens is 516 g/mol. The molecule has 8 bridgehead atoms. The Hall–Kier alpha value is -5.10. The SMILES string of the molecule is CCc1c2nc(c(-c3cc[n+](C)cc3)c3nc(c(CC)c4ccc([nH]4)c(-c4cc[n+](C)cc4)c4ccc1[nH]4)C=C3)C=C2. The summed E-state index contributed by atoms with van der Waals surface area (Å²) in [5.74, 6) is 0. The van der Waals surface area contributed by atoms with Crippen LogP contribution >= 0.6 is 0 Å². The van der Waals surface area contributed by atoms with Crippen LogP contribution in [0.5, 0.6) is 0 Å². The highest BCUT2D eigenvalue weighted by Gasteiger charge is 2.18. The molecule has 2 aliphatic rings. The quantitative estimate of drug-likeness (QED) is 0.238. The number of fused-ring (bicyclic) bond motifs is 8. The lowest BCUT2D eigenvalue weighted by Gasteiger charge is -2.05. The first-order chi connectivity index (χ1) is 20.5. The highest BCUT2D eigenvalue weighted by molar-refractivity contribution is 5.95. The molecule has 0 spiro atoms. The van der Waals surface area contributed by atoms with Crippen LogP contribution in [0.3, 0.4) is 0 Å². The second-order valence-corrected chi connectivity index (χ2v) is 10.9. The van der Waals surface area contributed by atoms with Crippen molar-refractivity contribution in [3.05, 3.63) is 107 Å². The number of aromatic nitrogens is 6. The molecule has 6 nitrogen and oxygen atoms in total. The summed E-state index contributed by atoms with van der Waals surface area (Å²) in [7, 11) is 4.08. The van der Waals surface area contributed by atoms with E-state index in [1.54, 1.807) is 0 Å². The van der Waals surface area contributed by atoms with Crippen LogP contribution in [-0.4, -0.2) is 19.9 Å². The molecule has 2 N–H and O–H groups in total. The van der Waals surface area contributed by atoms with E-state index in [4.69, 9.17) is 9.97 Å². The van der Waals surface area contributed by atoms with Crippen molar-refractivity contribution in [1.29, 1.82) is 0 Å². The fourth-order valence-corrected chi connectivity index (χ4v) is 6.01. The van der Waals surface area contributed by atoms with Crippen LogP contribution in [0.2, 0.25) is 0 Å². The number of hydrogen-bond acceptors (Lipinski definition) is 2. The van der Waals surface area contributed by atoms with Crippen molar-refractivity contribution in [2.75, 3.05) is 0 Å². The lowest BCUT2D eigenvalue weighted by Crippen LogP contribution is -2.25. The van der Waals surface area contributed by atoms with Crippen LogP contribution in [0.1, 0.15) is 47.8 Å². The van der Waals surface area contributed by atoms with Gasteiger partial charge in [0, 0.05) is 68.6 Å². The minimum atomic E-state index is 0.851. The van der Waals surface area contributed by atoms with Crippen molar-refractivity contribution in [2.45, 2.75) is 26.7 Å². The van der Waals surface area contributed by atoms with Crippen molar-refractivity contribution >= 4 is 46.4 Å². The summed E-state index contributed by atoms with van der Waals surface area (Å²) < 4.78 is 4.11. The van der Waals surface area contributed by atoms with Gasteiger partial charge in [-0.15, -0.1) is 0 Å². The van der Waals surface area contributed by atoms with Crippen LogP contribution in [0, 0.1) is 0 Å². The average molecular weight is 551 g/mol. The molecular formula is C36H34N6+2. The van der Waals surface area contributed by atoms with Gasteiger partial charge < -0.3 is 9.97 Å². The molecule has 206 valence electrons. The van der Waals surface area contributed by atoms with E-state index in [2.05, 4.69) is 126 Å². The lowest BCUT2D eigenvalue weighted by atomic mass is 10.0. The lowest BCUT2D eigenvalue weighted by molar-refractivity contribution is -0.671. The average Bonchev–Trinajstić information content (AvgIpc) is 3.82. The normalized spacial score (nSPS) is 12.3. The first-order valence-corrected chi connectivity index (χ1v) is 14.6. The summed E-state index contributed by atoms with van der Waals surface area (Å²) in [5, 5.41) is 0. The Bertz CT molecular complexity index is 1950. The zero-order valence-electron chi connectivity index (χ0n) is 24.4. The third-order valence-corrected chi connectivity index (χ3v) is 8.21. The number of pyridine rings is 2. The molecule has 0 aliphatic carbocycles. The van der Waals surface area contributed by atoms with Crippen LogP contribution in [-0.2, 0) is 26.9 Å². The van der Waals surface area contributed by atoms with Crippen LogP contribution in [0.15, 0.2) is 73.3 Å². The Balaban J connectivity index is 1.64. The van der Waals surface area contributed by atoms with Gasteiger partial charge in [-0.2, -0.15) is 0 Å². The minimum Gasteiger partial charge on any atom is -0.355 e. The third kappa shape index (κ3) is 4.45. The predicted octanol–water partition coefficient (Wildman–Crippen LogP) is 6.76. The predicted molar refractivity (Wildman–Crippen MR) is 171 cm³/mol. The van der Waals surface area contributed by atoms with Crippen molar-refractivity contribution in [2.24, 2.45) is 14.1 Å². The molecule has 0 amide bonds. The van der Waals surface area contributed by atoms with Crippen molar-refractivity contribution in [1.82, 2.24) is 19.9 Å². The molecule has 0 saturated carbocycles. The minimum absolute atomic E-state index is 0.851. The van der Waals surface area contributed by atoms with Crippen LogP contribution in [0.25, 0.3) is 68.6 Å². The molecule has 6 heteroatoms. The van der Waals surface area contributed by atoms with Gasteiger partial charge in [0.1, 0.15) is 14.1 Å². The van der Waals surface area contributed by atoms with E-state index in [0.717, 1.165) is 79.9 Å². The van der Waals surface area contributed by atoms with Gasteiger partial charge in [0.25, 0.3) is 0 Å². The molecule has 2 aliphatic heterocycles. The standard InChI is InChI=1S/C36H33N6/c1-5-25-27-7-11-31(37-27)35(23-15-19-41(3)20-16-23)33-13-9-29(39-33)26(6-2)30-10-14-34(40-30)36(32-12-8-28(25)38-32)24-17-21-42(4)22-18-24/h7-22H,5-6H2,1-4H3,(H,37,38,39,40)/q+1/p+1. The Kier molecular flexibility index (Phi) is 6.39. The molecule has 0 unspecified atom stereocenters. The summed E-state index contributed by atoms with van der Waals surface area (Å²) in [6, 6.07) is 17.4. The Morgan fingerprint density at radius 1 is 0.500 bits per heavy atom. The van der Waals surface area contributed by atoms with E-state index >= 15 is 0 Å². The van der Waals surface area contributed by atoms with Gasteiger partial charge in [0.05, 0.1) is 22.8 Å². The van der Waals surface area contributed by atoms with Crippen molar-refractivity contribution < 1.29 is 9.13 Å². The van der Waals surface area contributed by atoms with E-state index in [9.17, 15) is 0 Å². The summed E-state index contributed by atoms with van der Waals surface area (Å²) in [4.78, 5) is 18.0. The molecule has 0 radical (unpaired) electrons. The molecule has 0 fully saturated rings. The highest BCUT2D eigenvalue weighted by Crippen LogP contribution is 2.34. The van der Waals surface area contributed by atoms with Gasteiger partial charge in [-0.3, -0.25) is 0 Å². The van der Waals surface area contributed by atoms with E-state index in [-0.39, 0.29) is 0 Å². The maximum Gasteiger partial charge on any atom is 0.169 e. The van der Waals surface area contributed by atoms with Gasteiger partial charge in [0.2, 0.25) is 0 Å². The Labute approximate surface area is 245 Å². The van der Waals surface area contributed by atoms with Gasteiger partial charge in [-0.25, -0.2) is 19.1 Å². The van der Waals surface area contributed by atoms with E-state index < -0.39 is 0 Å². The molecule has 42 heavy (non-hydrogen) atoms. The number of rotatable bonds is 4. The number of aromatic amines is 2. The number of nitrogens with zero attached hydrogens (tertiary/aromatic N) is 4. The molecule has 0 aromatic carbocycles. The summed E-state index contributed by atoms with van der Waals surface area (Å²) in [5.41, 5.74) is 14.9. The molecule has 7 heterocycles. The van der Waals surface area contributed by atoms with Crippen LogP contribution in [0.4, 0.5) is 0 Å². The second-order valence-electron chi connectivity index (χ2n) is 10.9. The maximum absolute atomic E-state index is 5.21. The molecule has 5 aromatic rings. The van der Waals surface area contributed by atoms with Gasteiger partial charge in [-0.1, -0.05) is 13.8 Å². The fraction of sp³-hybridized carbons (Fsp3) is 0.167. The maximum atomic E-state index is 5.21. The molecule has 7 rings (SSSR count). The highest BCUT2D eigenvalue weighted by atomic mass is 14.9. The van der Waals surface area contributed by atoms with Crippen molar-refractivity contribution in [3.8, 4) is 22.3 Å². The number of nitrogens with one attached hydrogen (secondary N) is 2. The van der Waals surface area contributed by atoms with E-state index in [0.29, 0.717) is 0 Å². The van der Waals surface area contributed by atoms with Crippen molar-refractivity contribution in [3.63, 3.8) is 0 Å². The summed E-state index contributed by atoms with van der Waals surface area (Å²) in [6.07, 6.45) is 18.6. The smallest absolute Gasteiger partial charge is 0.169 e. The first kappa shape index (κ1) is 25.8. The van der Waals surface area contributed by atoms with E-state index in [1.807, 2.05) is 18.7 Å². The summed E-state index contributed by atoms with van der Waals surface area (Å²) in [6.45, 7) is 4.38. The topological polar surface area (TPSA) is 65.1 Å². The van der Waals surface area contributed by atoms with E-state index in [1.165, 1.54) is 11.1 Å². The first-order valence-electron chi connectivity index (χ1n) is 14.6. The summed E-state index contributed by atoms with van der Waals surface area (Å²) >= 11 is 0. The molecule has 5 aromatic heterocycles. The Morgan fingerprint density at radius 3 is 1.31 bits per heavy atom. The number of hydrogen-bond donors (Lipinski definition) is 2. The second kappa shape index (κ2) is 10.4. The fourth-order valence-electron chi connectivity index (χ4n) is 6.01. The zero-order valence-corrected chi connectivity index (χ0v) is 24.4.